The van der Waals surface area contributed by atoms with Crippen LogP contribution >= 0.6 is 0 Å². The number of carbonyl (C=O) groups is 2. The molecule has 0 spiro atoms. The average Bonchev–Trinajstić information content (AvgIpc) is 2.68. The lowest BCUT2D eigenvalue weighted by atomic mass is 10.2. The molecule has 0 aliphatic rings. The lowest BCUT2D eigenvalue weighted by Gasteiger charge is -2.06. The highest BCUT2D eigenvalue weighted by Crippen LogP contribution is 2.17. The van der Waals surface area contributed by atoms with E-state index in [9.17, 15) is 22.8 Å². The molecule has 0 aliphatic heterocycles. The molecule has 5 nitrogen and oxygen atoms in total. The molecule has 1 aromatic rings. The number of hydrogen-bond acceptors (Lipinski definition) is 3. The predicted octanol–water partition coefficient (Wildman–Crippen LogP) is 1.83. The van der Waals surface area contributed by atoms with E-state index in [-0.39, 0.29) is 17.7 Å². The molecular formula is C10H10F3NO4. The number of aryl methyl sites for hydroxylation is 1. The van der Waals surface area contributed by atoms with E-state index in [1.807, 2.05) is 0 Å². The topological polar surface area (TPSA) is 79.5 Å². The number of nitrogens with one attached hydrogen (secondary N) is 1. The van der Waals surface area contributed by atoms with Crippen molar-refractivity contribution < 1.29 is 32.3 Å². The Bertz CT molecular complexity index is 464. The summed E-state index contributed by atoms with van der Waals surface area (Å²) in [5, 5.41) is 10.4. The zero-order chi connectivity index (χ0) is 13.9. The zero-order valence-electron chi connectivity index (χ0n) is 9.30. The Hall–Kier alpha value is -1.99. The summed E-state index contributed by atoms with van der Waals surface area (Å²) < 4.78 is 40.5. The fourth-order valence-electron chi connectivity index (χ4n) is 1.25. The lowest BCUT2D eigenvalue weighted by Crippen LogP contribution is -2.33. The number of furan rings is 1. The molecule has 0 aromatic carbocycles. The second-order valence-corrected chi connectivity index (χ2v) is 3.40. The van der Waals surface area contributed by atoms with E-state index in [1.165, 1.54) is 0 Å². The van der Waals surface area contributed by atoms with Crippen LogP contribution in [0.5, 0.6) is 0 Å². The number of carboxylic acid groups (broad SMARTS) is 1. The monoisotopic (exact) mass is 265 g/mol. The van der Waals surface area contributed by atoms with Crippen LogP contribution in [0.25, 0.3) is 0 Å². The van der Waals surface area contributed by atoms with Crippen LogP contribution in [-0.2, 0) is 6.42 Å². The Kier molecular flexibility index (Phi) is 4.00. The first-order valence-electron chi connectivity index (χ1n) is 4.95. The van der Waals surface area contributed by atoms with Gasteiger partial charge in [0.1, 0.15) is 17.9 Å². The van der Waals surface area contributed by atoms with Crippen molar-refractivity contribution in [3.8, 4) is 0 Å². The Morgan fingerprint density at radius 1 is 1.44 bits per heavy atom. The van der Waals surface area contributed by atoms with E-state index >= 15 is 0 Å². The Morgan fingerprint density at radius 2 is 2.06 bits per heavy atom. The molecule has 2 N–H and O–H groups in total. The highest BCUT2D eigenvalue weighted by Gasteiger charge is 2.29. The molecule has 0 radical (unpaired) electrons. The van der Waals surface area contributed by atoms with Crippen molar-refractivity contribution in [2.45, 2.75) is 19.5 Å². The molecule has 0 aliphatic carbocycles. The molecule has 1 aromatic heterocycles. The first-order valence-corrected chi connectivity index (χ1v) is 4.95. The standard InChI is InChI=1S/C10H10F3NO4/c1-2-6-5(9(16)17)3-7(18-6)8(15)14-4-10(11,12)13/h3H,2,4H2,1H3,(H,14,15)(H,16,17). The summed E-state index contributed by atoms with van der Waals surface area (Å²) in [5.41, 5.74) is -0.227. The van der Waals surface area contributed by atoms with Crippen LogP contribution in [0.1, 0.15) is 33.6 Å². The third-order valence-electron chi connectivity index (χ3n) is 2.03. The van der Waals surface area contributed by atoms with E-state index in [0.29, 0.717) is 0 Å². The molecule has 0 saturated heterocycles. The van der Waals surface area contributed by atoms with Crippen molar-refractivity contribution in [2.24, 2.45) is 0 Å². The molecular weight excluding hydrogens is 255 g/mol. The van der Waals surface area contributed by atoms with Crippen LogP contribution in [0.15, 0.2) is 10.5 Å². The van der Waals surface area contributed by atoms with Gasteiger partial charge in [0.05, 0.1) is 0 Å². The maximum atomic E-state index is 11.9. The number of aromatic carboxylic acids is 1. The maximum absolute atomic E-state index is 11.9. The van der Waals surface area contributed by atoms with Crippen molar-refractivity contribution in [3.63, 3.8) is 0 Å². The highest BCUT2D eigenvalue weighted by molar-refractivity contribution is 5.96. The van der Waals surface area contributed by atoms with Crippen molar-refractivity contribution in [1.29, 1.82) is 0 Å². The molecule has 0 bridgehead atoms. The summed E-state index contributed by atoms with van der Waals surface area (Å²) in [6.07, 6.45) is -4.32. The summed E-state index contributed by atoms with van der Waals surface area (Å²) in [6.45, 7) is 0.0963. The second kappa shape index (κ2) is 5.11. The molecule has 1 rings (SSSR count). The number of rotatable bonds is 4. The van der Waals surface area contributed by atoms with E-state index in [0.717, 1.165) is 6.07 Å². The number of carboxylic acids is 1. The third kappa shape index (κ3) is 3.51. The van der Waals surface area contributed by atoms with Gasteiger partial charge in [-0.05, 0) is 0 Å². The molecule has 100 valence electrons. The predicted molar refractivity (Wildman–Crippen MR) is 53.4 cm³/mol. The SMILES string of the molecule is CCc1oc(C(=O)NCC(F)(F)F)cc1C(=O)O. The summed E-state index contributed by atoms with van der Waals surface area (Å²) in [5.74, 6) is -2.81. The minimum atomic E-state index is -4.54. The van der Waals surface area contributed by atoms with Gasteiger partial charge >= 0.3 is 12.1 Å². The smallest absolute Gasteiger partial charge is 0.405 e. The van der Waals surface area contributed by atoms with Gasteiger partial charge in [0.15, 0.2) is 5.76 Å². The summed E-state index contributed by atoms with van der Waals surface area (Å²) >= 11 is 0. The molecule has 0 unspecified atom stereocenters. The van der Waals surface area contributed by atoms with Gasteiger partial charge in [-0.2, -0.15) is 13.2 Å². The number of amides is 1. The zero-order valence-corrected chi connectivity index (χ0v) is 9.30. The van der Waals surface area contributed by atoms with Gasteiger partial charge in [-0.1, -0.05) is 6.92 Å². The largest absolute Gasteiger partial charge is 0.478 e. The van der Waals surface area contributed by atoms with Gasteiger partial charge in [0.2, 0.25) is 0 Å². The van der Waals surface area contributed by atoms with Crippen LogP contribution in [0.4, 0.5) is 13.2 Å². The maximum Gasteiger partial charge on any atom is 0.405 e. The van der Waals surface area contributed by atoms with Crippen LogP contribution in [-0.4, -0.2) is 29.7 Å². The molecule has 1 amide bonds. The molecule has 0 fully saturated rings. The van der Waals surface area contributed by atoms with Gasteiger partial charge in [0.25, 0.3) is 5.91 Å². The van der Waals surface area contributed by atoms with E-state index in [4.69, 9.17) is 9.52 Å². The van der Waals surface area contributed by atoms with Gasteiger partial charge in [-0.25, -0.2) is 4.79 Å². The third-order valence-corrected chi connectivity index (χ3v) is 2.03. The van der Waals surface area contributed by atoms with Crippen molar-refractivity contribution in [1.82, 2.24) is 5.32 Å². The number of halogens is 3. The minimum absolute atomic E-state index is 0.0414. The summed E-state index contributed by atoms with van der Waals surface area (Å²) in [4.78, 5) is 22.1. The first kappa shape index (κ1) is 14.1. The fourth-order valence-corrected chi connectivity index (χ4v) is 1.25. The van der Waals surface area contributed by atoms with Crippen LogP contribution in [0.3, 0.4) is 0 Å². The quantitative estimate of drug-likeness (QED) is 0.870. The normalized spacial score (nSPS) is 11.3. The molecule has 18 heavy (non-hydrogen) atoms. The van der Waals surface area contributed by atoms with E-state index in [1.54, 1.807) is 12.2 Å². The highest BCUT2D eigenvalue weighted by atomic mass is 19.4. The molecule has 8 heteroatoms. The summed E-state index contributed by atoms with van der Waals surface area (Å²) in [7, 11) is 0. The minimum Gasteiger partial charge on any atom is -0.478 e. The lowest BCUT2D eigenvalue weighted by molar-refractivity contribution is -0.123. The molecule has 0 atom stereocenters. The van der Waals surface area contributed by atoms with E-state index in [2.05, 4.69) is 0 Å². The number of alkyl halides is 3. The van der Waals surface area contributed by atoms with Gasteiger partial charge in [-0.3, -0.25) is 4.79 Å². The number of carbonyl (C=O) groups excluding carboxylic acids is 1. The van der Waals surface area contributed by atoms with Crippen molar-refractivity contribution in [2.75, 3.05) is 6.54 Å². The van der Waals surface area contributed by atoms with Crippen molar-refractivity contribution >= 4 is 11.9 Å². The Labute approximate surface area is 99.6 Å². The molecule has 0 saturated carbocycles. The van der Waals surface area contributed by atoms with Crippen molar-refractivity contribution in [3.05, 3.63) is 23.2 Å². The number of hydrogen-bond donors (Lipinski definition) is 2. The Balaban J connectivity index is 2.84. The first-order chi connectivity index (χ1) is 8.24. The second-order valence-electron chi connectivity index (χ2n) is 3.40. The summed E-state index contributed by atoms with van der Waals surface area (Å²) in [6, 6.07) is 0.910. The Morgan fingerprint density at radius 3 is 2.44 bits per heavy atom. The molecule has 1 heterocycles. The average molecular weight is 265 g/mol. The van der Waals surface area contributed by atoms with E-state index < -0.39 is 30.4 Å². The van der Waals surface area contributed by atoms with Gasteiger partial charge < -0.3 is 14.8 Å². The van der Waals surface area contributed by atoms with Crippen LogP contribution in [0.2, 0.25) is 0 Å². The van der Waals surface area contributed by atoms with Crippen LogP contribution in [0, 0.1) is 0 Å². The fraction of sp³-hybridized carbons (Fsp3) is 0.400. The van der Waals surface area contributed by atoms with Crippen LogP contribution < -0.4 is 5.32 Å². The van der Waals surface area contributed by atoms with Gasteiger partial charge in [0, 0.05) is 12.5 Å². The van der Waals surface area contributed by atoms with Gasteiger partial charge in [-0.15, -0.1) is 0 Å².